The highest BCUT2D eigenvalue weighted by Crippen LogP contribution is 2.12. The quantitative estimate of drug-likeness (QED) is 0.547. The molecule has 0 spiro atoms. The fraction of sp³-hybridized carbons (Fsp3) is 0.667. The van der Waals surface area contributed by atoms with E-state index in [2.05, 4.69) is 15.4 Å². The van der Waals surface area contributed by atoms with Crippen molar-refractivity contribution in [3.8, 4) is 0 Å². The molecule has 0 N–H and O–H groups in total. The summed E-state index contributed by atoms with van der Waals surface area (Å²) in [7, 11) is 1.58. The van der Waals surface area contributed by atoms with Gasteiger partial charge in [0.2, 0.25) is 0 Å². The van der Waals surface area contributed by atoms with Crippen molar-refractivity contribution >= 4 is 5.97 Å². The van der Waals surface area contributed by atoms with E-state index in [-0.39, 0.29) is 5.82 Å². The number of carboxylic acid groups (broad SMARTS) is 1. The van der Waals surface area contributed by atoms with Crippen LogP contribution in [0.15, 0.2) is 0 Å². The zero-order chi connectivity index (χ0) is 9.14. The number of carboxylic acids is 1. The van der Waals surface area contributed by atoms with E-state index in [9.17, 15) is 9.90 Å². The first-order valence-corrected chi connectivity index (χ1v) is 3.60. The number of nitrogens with zero attached hydrogens (tertiary/aromatic N) is 4. The Kier molecular flexibility index (Phi) is 2.37. The lowest BCUT2D eigenvalue weighted by atomic mass is 10.1. The molecule has 1 atom stereocenters. The van der Waals surface area contributed by atoms with E-state index in [0.717, 1.165) is 0 Å². The number of rotatable bonds is 3. The molecule has 0 aliphatic heterocycles. The molecule has 0 bridgehead atoms. The number of tetrazole rings is 1. The van der Waals surface area contributed by atoms with Gasteiger partial charge in [0.1, 0.15) is 0 Å². The van der Waals surface area contributed by atoms with Crippen molar-refractivity contribution in [2.24, 2.45) is 7.05 Å². The maximum atomic E-state index is 10.5. The van der Waals surface area contributed by atoms with Crippen LogP contribution in [0.1, 0.15) is 25.1 Å². The summed E-state index contributed by atoms with van der Waals surface area (Å²) in [5.74, 6) is -1.70. The van der Waals surface area contributed by atoms with Gasteiger partial charge in [-0.3, -0.25) is 0 Å². The van der Waals surface area contributed by atoms with Crippen molar-refractivity contribution in [3.63, 3.8) is 0 Å². The van der Waals surface area contributed by atoms with E-state index in [1.807, 2.05) is 0 Å². The molecule has 6 nitrogen and oxygen atoms in total. The Bertz CT molecular complexity index is 283. The Morgan fingerprint density at radius 1 is 1.75 bits per heavy atom. The summed E-state index contributed by atoms with van der Waals surface area (Å²) in [5, 5.41) is 21.4. The fourth-order valence-electron chi connectivity index (χ4n) is 0.893. The van der Waals surface area contributed by atoms with E-state index in [0.29, 0.717) is 6.42 Å². The molecule has 1 heterocycles. The molecule has 0 aliphatic rings. The Morgan fingerprint density at radius 2 is 2.42 bits per heavy atom. The average molecular weight is 169 g/mol. The van der Waals surface area contributed by atoms with E-state index in [1.165, 1.54) is 4.80 Å². The summed E-state index contributed by atoms with van der Waals surface area (Å²) < 4.78 is 0. The number of carbonyl (C=O) groups is 1. The molecule has 1 aromatic heterocycles. The van der Waals surface area contributed by atoms with Crippen LogP contribution in [-0.2, 0) is 11.8 Å². The number of hydrogen-bond donors (Lipinski definition) is 0. The Balaban J connectivity index is 2.87. The van der Waals surface area contributed by atoms with Crippen molar-refractivity contribution in [1.29, 1.82) is 0 Å². The normalized spacial score (nSPS) is 12.8. The maximum absolute atomic E-state index is 10.5. The van der Waals surface area contributed by atoms with Crippen LogP contribution in [0.3, 0.4) is 0 Å². The second-order valence-corrected chi connectivity index (χ2v) is 2.42. The predicted octanol–water partition coefficient (Wildman–Crippen LogP) is -1.55. The topological polar surface area (TPSA) is 83.7 Å². The first-order chi connectivity index (χ1) is 5.65. The molecule has 0 saturated heterocycles. The van der Waals surface area contributed by atoms with Crippen LogP contribution >= 0.6 is 0 Å². The van der Waals surface area contributed by atoms with Crippen molar-refractivity contribution < 1.29 is 9.90 Å². The average Bonchev–Trinajstić information content (AvgIpc) is 2.37. The van der Waals surface area contributed by atoms with E-state index in [4.69, 9.17) is 0 Å². The molecule has 66 valence electrons. The summed E-state index contributed by atoms with van der Waals surface area (Å²) in [6.07, 6.45) is 0.411. The molecular weight excluding hydrogens is 160 g/mol. The van der Waals surface area contributed by atoms with Crippen LogP contribution in [-0.4, -0.2) is 26.2 Å². The minimum absolute atomic E-state index is 0.208. The highest BCUT2D eigenvalue weighted by atomic mass is 16.4. The lowest BCUT2D eigenvalue weighted by Crippen LogP contribution is -2.30. The zero-order valence-corrected chi connectivity index (χ0v) is 6.89. The third-order valence-corrected chi connectivity index (χ3v) is 1.53. The molecule has 0 radical (unpaired) electrons. The predicted molar refractivity (Wildman–Crippen MR) is 36.8 cm³/mol. The molecule has 6 heteroatoms. The zero-order valence-electron chi connectivity index (χ0n) is 6.89. The van der Waals surface area contributed by atoms with Gasteiger partial charge in [0.05, 0.1) is 18.9 Å². The number of aromatic nitrogens is 4. The summed E-state index contributed by atoms with van der Waals surface area (Å²) in [5.41, 5.74) is 0. The summed E-state index contributed by atoms with van der Waals surface area (Å²) in [4.78, 5) is 11.7. The van der Waals surface area contributed by atoms with E-state index < -0.39 is 11.9 Å². The van der Waals surface area contributed by atoms with Gasteiger partial charge in [0.15, 0.2) is 5.82 Å². The van der Waals surface area contributed by atoms with Gasteiger partial charge in [-0.2, -0.15) is 4.80 Å². The van der Waals surface area contributed by atoms with Gasteiger partial charge in [-0.25, -0.2) is 0 Å². The second-order valence-electron chi connectivity index (χ2n) is 2.42. The second kappa shape index (κ2) is 3.29. The molecule has 0 fully saturated rings. The molecule has 1 aromatic rings. The van der Waals surface area contributed by atoms with Gasteiger partial charge < -0.3 is 9.90 Å². The molecule has 0 saturated carbocycles. The van der Waals surface area contributed by atoms with E-state index in [1.54, 1.807) is 14.0 Å². The van der Waals surface area contributed by atoms with Crippen LogP contribution in [0.5, 0.6) is 0 Å². The third-order valence-electron chi connectivity index (χ3n) is 1.53. The third kappa shape index (κ3) is 1.58. The lowest BCUT2D eigenvalue weighted by molar-refractivity contribution is -0.308. The number of hydrogen-bond acceptors (Lipinski definition) is 5. The van der Waals surface area contributed by atoms with Crippen LogP contribution in [0.25, 0.3) is 0 Å². The molecule has 12 heavy (non-hydrogen) atoms. The molecule has 1 rings (SSSR count). The van der Waals surface area contributed by atoms with Gasteiger partial charge in [-0.05, 0) is 11.6 Å². The monoisotopic (exact) mass is 169 g/mol. The molecular formula is C6H9N4O2-. The van der Waals surface area contributed by atoms with Gasteiger partial charge in [-0.15, -0.1) is 10.2 Å². The van der Waals surface area contributed by atoms with Crippen LogP contribution in [0.2, 0.25) is 0 Å². The standard InChI is InChI=1S/C6H10N4O2/c1-3-4(6(11)12)5-7-9-10(2)8-5/h4H,3H2,1-2H3,(H,11,12)/p-1. The Morgan fingerprint density at radius 3 is 2.75 bits per heavy atom. The van der Waals surface area contributed by atoms with Gasteiger partial charge >= 0.3 is 0 Å². The van der Waals surface area contributed by atoms with Crippen molar-refractivity contribution in [2.45, 2.75) is 19.3 Å². The largest absolute Gasteiger partial charge is 0.549 e. The maximum Gasteiger partial charge on any atom is 0.183 e. The minimum Gasteiger partial charge on any atom is -0.549 e. The van der Waals surface area contributed by atoms with E-state index >= 15 is 0 Å². The first kappa shape index (κ1) is 8.63. The SMILES string of the molecule is CCC(C(=O)[O-])c1nnn(C)n1. The minimum atomic E-state index is -1.16. The van der Waals surface area contributed by atoms with Gasteiger partial charge in [0.25, 0.3) is 0 Å². The molecule has 0 aliphatic carbocycles. The first-order valence-electron chi connectivity index (χ1n) is 3.60. The van der Waals surface area contributed by atoms with Crippen LogP contribution in [0.4, 0.5) is 0 Å². The highest BCUT2D eigenvalue weighted by Gasteiger charge is 2.15. The van der Waals surface area contributed by atoms with Crippen molar-refractivity contribution in [1.82, 2.24) is 20.2 Å². The summed E-state index contributed by atoms with van der Waals surface area (Å²) in [6, 6.07) is 0. The molecule has 0 amide bonds. The van der Waals surface area contributed by atoms with Crippen molar-refractivity contribution in [2.75, 3.05) is 0 Å². The fourth-order valence-corrected chi connectivity index (χ4v) is 0.893. The number of aryl methyl sites for hydroxylation is 1. The summed E-state index contributed by atoms with van der Waals surface area (Å²) in [6.45, 7) is 1.73. The molecule has 1 unspecified atom stereocenters. The summed E-state index contributed by atoms with van der Waals surface area (Å²) >= 11 is 0. The highest BCUT2D eigenvalue weighted by molar-refractivity contribution is 5.72. The number of carbonyl (C=O) groups excluding carboxylic acids is 1. The van der Waals surface area contributed by atoms with Crippen molar-refractivity contribution in [3.05, 3.63) is 5.82 Å². The van der Waals surface area contributed by atoms with Gasteiger partial charge in [0, 0.05) is 0 Å². The Hall–Kier alpha value is -1.46. The molecule has 0 aromatic carbocycles. The Labute approximate surface area is 69.2 Å². The van der Waals surface area contributed by atoms with Crippen LogP contribution < -0.4 is 5.11 Å². The van der Waals surface area contributed by atoms with Crippen LogP contribution in [0, 0.1) is 0 Å². The van der Waals surface area contributed by atoms with Gasteiger partial charge in [-0.1, -0.05) is 6.92 Å². The smallest absolute Gasteiger partial charge is 0.183 e. The number of aliphatic carboxylic acids is 1. The lowest BCUT2D eigenvalue weighted by Gasteiger charge is -2.09.